The molecule has 2 amide bonds. The fourth-order valence-corrected chi connectivity index (χ4v) is 4.36. The molecule has 0 spiro atoms. The van der Waals surface area contributed by atoms with Gasteiger partial charge in [-0.2, -0.15) is 0 Å². The molecule has 7 heteroatoms. The van der Waals surface area contributed by atoms with E-state index in [1.165, 1.54) is 5.56 Å². The van der Waals surface area contributed by atoms with Crippen LogP contribution in [0.3, 0.4) is 0 Å². The van der Waals surface area contributed by atoms with Gasteiger partial charge in [-0.15, -0.1) is 0 Å². The highest BCUT2D eigenvalue weighted by Crippen LogP contribution is 2.30. The van der Waals surface area contributed by atoms with Crippen molar-refractivity contribution in [2.45, 2.75) is 26.7 Å². The molecule has 1 aromatic heterocycles. The molecule has 188 valence electrons. The number of aryl methyl sites for hydroxylation is 2. The number of hydrogen-bond donors (Lipinski definition) is 1. The number of aromatic nitrogens is 2. The van der Waals surface area contributed by atoms with Gasteiger partial charge in [0.25, 0.3) is 5.91 Å². The minimum absolute atomic E-state index is 0.0414. The number of carbonyl (C=O) groups is 2. The highest BCUT2D eigenvalue weighted by atomic mass is 35.5. The molecule has 37 heavy (non-hydrogen) atoms. The second-order valence-corrected chi connectivity index (χ2v) is 10.1. The van der Waals surface area contributed by atoms with Crippen molar-refractivity contribution in [1.82, 2.24) is 14.5 Å². The van der Waals surface area contributed by atoms with E-state index in [0.29, 0.717) is 34.7 Å². The molecule has 1 aliphatic rings. The van der Waals surface area contributed by atoms with Crippen LogP contribution in [-0.2, 0) is 4.79 Å². The molecule has 0 saturated heterocycles. The van der Waals surface area contributed by atoms with Crippen LogP contribution in [0.25, 0.3) is 16.9 Å². The summed E-state index contributed by atoms with van der Waals surface area (Å²) in [5.74, 6) is 0.427. The van der Waals surface area contributed by atoms with Crippen LogP contribution in [0.1, 0.15) is 34.3 Å². The lowest BCUT2D eigenvalue weighted by atomic mass is 10.1. The SMILES string of the molecule is Cc1ccc(-n2cc(-c3ccc(Cl)cc3)nc2NC(=O)CN(CC2CC2)C(=O)c2ccccc2)cc1C. The molecule has 0 atom stereocenters. The molecule has 1 aliphatic carbocycles. The zero-order valence-electron chi connectivity index (χ0n) is 20.9. The summed E-state index contributed by atoms with van der Waals surface area (Å²) in [4.78, 5) is 32.9. The lowest BCUT2D eigenvalue weighted by Crippen LogP contribution is -2.39. The van der Waals surface area contributed by atoms with Gasteiger partial charge in [0.1, 0.15) is 6.54 Å². The first kappa shape index (κ1) is 24.8. The maximum Gasteiger partial charge on any atom is 0.254 e. The Morgan fingerprint density at radius 2 is 1.73 bits per heavy atom. The van der Waals surface area contributed by atoms with Gasteiger partial charge in [-0.25, -0.2) is 4.98 Å². The molecule has 0 radical (unpaired) electrons. The van der Waals surface area contributed by atoms with Gasteiger partial charge < -0.3 is 4.90 Å². The van der Waals surface area contributed by atoms with Crippen molar-refractivity contribution in [3.8, 4) is 16.9 Å². The number of amides is 2. The molecular weight excluding hydrogens is 484 g/mol. The minimum atomic E-state index is -0.289. The van der Waals surface area contributed by atoms with E-state index in [1.54, 1.807) is 17.0 Å². The smallest absolute Gasteiger partial charge is 0.254 e. The minimum Gasteiger partial charge on any atom is -0.329 e. The van der Waals surface area contributed by atoms with Crippen molar-refractivity contribution in [2.24, 2.45) is 5.92 Å². The van der Waals surface area contributed by atoms with Crippen molar-refractivity contribution in [1.29, 1.82) is 0 Å². The number of halogens is 1. The van der Waals surface area contributed by atoms with E-state index in [-0.39, 0.29) is 18.4 Å². The topological polar surface area (TPSA) is 67.2 Å². The van der Waals surface area contributed by atoms with E-state index in [4.69, 9.17) is 16.6 Å². The molecule has 0 unspecified atom stereocenters. The van der Waals surface area contributed by atoms with Crippen LogP contribution >= 0.6 is 11.6 Å². The second kappa shape index (κ2) is 10.6. The number of nitrogens with one attached hydrogen (secondary N) is 1. The van der Waals surface area contributed by atoms with E-state index in [1.807, 2.05) is 65.4 Å². The number of benzene rings is 3. The zero-order chi connectivity index (χ0) is 25.9. The first-order valence-corrected chi connectivity index (χ1v) is 12.8. The molecule has 1 saturated carbocycles. The van der Waals surface area contributed by atoms with Crippen molar-refractivity contribution in [2.75, 3.05) is 18.4 Å². The summed E-state index contributed by atoms with van der Waals surface area (Å²) in [6.07, 6.45) is 4.07. The first-order chi connectivity index (χ1) is 17.9. The maximum atomic E-state index is 13.3. The Balaban J connectivity index is 1.43. The van der Waals surface area contributed by atoms with Gasteiger partial charge in [0, 0.05) is 34.6 Å². The Morgan fingerprint density at radius 1 is 1.00 bits per heavy atom. The molecular formula is C30H29ClN4O2. The summed E-state index contributed by atoms with van der Waals surface area (Å²) in [5.41, 5.74) is 5.39. The fraction of sp³-hybridized carbons (Fsp3) is 0.233. The molecule has 1 fully saturated rings. The molecule has 6 nitrogen and oxygen atoms in total. The highest BCUT2D eigenvalue weighted by molar-refractivity contribution is 6.30. The van der Waals surface area contributed by atoms with Crippen LogP contribution in [0.4, 0.5) is 5.95 Å². The van der Waals surface area contributed by atoms with Crippen LogP contribution in [0, 0.1) is 19.8 Å². The second-order valence-electron chi connectivity index (χ2n) is 9.64. The summed E-state index contributed by atoms with van der Waals surface area (Å²) in [6.45, 7) is 4.65. The van der Waals surface area contributed by atoms with Gasteiger partial charge in [-0.05, 0) is 80.1 Å². The molecule has 1 N–H and O–H groups in total. The van der Waals surface area contributed by atoms with Crippen LogP contribution in [0.2, 0.25) is 5.02 Å². The van der Waals surface area contributed by atoms with Crippen molar-refractivity contribution in [3.63, 3.8) is 0 Å². The third-order valence-electron chi connectivity index (χ3n) is 6.68. The van der Waals surface area contributed by atoms with Crippen LogP contribution < -0.4 is 5.32 Å². The van der Waals surface area contributed by atoms with Gasteiger partial charge in [-0.3, -0.25) is 19.5 Å². The monoisotopic (exact) mass is 512 g/mol. The molecule has 5 rings (SSSR count). The molecule has 0 aliphatic heterocycles. The van der Waals surface area contributed by atoms with Gasteiger partial charge >= 0.3 is 0 Å². The summed E-state index contributed by atoms with van der Waals surface area (Å²) < 4.78 is 1.87. The molecule has 1 heterocycles. The Hall–Kier alpha value is -3.90. The van der Waals surface area contributed by atoms with Gasteiger partial charge in [-0.1, -0.05) is 48.0 Å². The molecule has 0 bridgehead atoms. The third kappa shape index (κ3) is 5.92. The van der Waals surface area contributed by atoms with Crippen LogP contribution in [0.15, 0.2) is 79.0 Å². The van der Waals surface area contributed by atoms with E-state index >= 15 is 0 Å². The van der Waals surface area contributed by atoms with Crippen molar-refractivity contribution in [3.05, 3.63) is 101 Å². The summed E-state index contributed by atoms with van der Waals surface area (Å²) in [7, 11) is 0. The Labute approximate surface area is 221 Å². The lowest BCUT2D eigenvalue weighted by molar-refractivity contribution is -0.117. The van der Waals surface area contributed by atoms with E-state index in [0.717, 1.165) is 29.7 Å². The fourth-order valence-electron chi connectivity index (χ4n) is 4.23. The summed E-state index contributed by atoms with van der Waals surface area (Å²) in [5, 5.41) is 3.61. The third-order valence-corrected chi connectivity index (χ3v) is 6.94. The van der Waals surface area contributed by atoms with Crippen molar-refractivity contribution >= 4 is 29.4 Å². The van der Waals surface area contributed by atoms with E-state index in [9.17, 15) is 9.59 Å². The maximum absolute atomic E-state index is 13.3. The normalized spacial score (nSPS) is 12.8. The number of imidazole rings is 1. The van der Waals surface area contributed by atoms with Gasteiger partial charge in [0.15, 0.2) is 0 Å². The Kier molecular flexibility index (Phi) is 7.10. The average molecular weight is 513 g/mol. The number of nitrogens with zero attached hydrogens (tertiary/aromatic N) is 3. The number of anilines is 1. The average Bonchev–Trinajstić information content (AvgIpc) is 3.63. The highest BCUT2D eigenvalue weighted by Gasteiger charge is 2.29. The predicted octanol–water partition coefficient (Wildman–Crippen LogP) is 6.30. The standard InChI is InChI=1S/C30H29ClN4O2/c1-20-8-15-26(16-21(20)2)35-18-27(23-11-13-25(31)14-12-23)32-30(35)33-28(36)19-34(17-22-9-10-22)29(37)24-6-4-3-5-7-24/h3-8,11-16,18,22H,9-10,17,19H2,1-2H3,(H,32,33,36). The zero-order valence-corrected chi connectivity index (χ0v) is 21.7. The predicted molar refractivity (Wildman–Crippen MR) is 147 cm³/mol. The number of hydrogen-bond acceptors (Lipinski definition) is 3. The van der Waals surface area contributed by atoms with Crippen molar-refractivity contribution < 1.29 is 9.59 Å². The van der Waals surface area contributed by atoms with E-state index < -0.39 is 0 Å². The van der Waals surface area contributed by atoms with Crippen LogP contribution in [-0.4, -0.2) is 39.4 Å². The van der Waals surface area contributed by atoms with Crippen LogP contribution in [0.5, 0.6) is 0 Å². The van der Waals surface area contributed by atoms with Gasteiger partial charge in [0.2, 0.25) is 11.9 Å². The summed E-state index contributed by atoms with van der Waals surface area (Å²) in [6, 6.07) is 22.7. The van der Waals surface area contributed by atoms with Gasteiger partial charge in [0.05, 0.1) is 5.69 Å². The lowest BCUT2D eigenvalue weighted by Gasteiger charge is -2.22. The molecule has 3 aromatic carbocycles. The summed E-state index contributed by atoms with van der Waals surface area (Å²) >= 11 is 6.08. The largest absolute Gasteiger partial charge is 0.329 e. The Bertz CT molecular complexity index is 1430. The Morgan fingerprint density at radius 3 is 2.41 bits per heavy atom. The number of carbonyl (C=O) groups excluding carboxylic acids is 2. The van der Waals surface area contributed by atoms with E-state index in [2.05, 4.69) is 25.2 Å². The number of rotatable bonds is 8. The molecule has 4 aromatic rings. The first-order valence-electron chi connectivity index (χ1n) is 12.4. The quantitative estimate of drug-likeness (QED) is 0.301.